The Labute approximate surface area is 116 Å². The number of hydrogen-bond acceptors (Lipinski definition) is 4. The van der Waals surface area contributed by atoms with Crippen LogP contribution >= 0.6 is 0 Å². The lowest BCUT2D eigenvalue weighted by Gasteiger charge is -2.08. The van der Waals surface area contributed by atoms with Crippen molar-refractivity contribution in [2.75, 3.05) is 7.11 Å². The number of amidine groups is 1. The molecule has 1 amide bonds. The molecular formula is C15H13N2O3. The average Bonchev–Trinajstić information content (AvgIpc) is 2.48. The molecule has 0 spiro atoms. The van der Waals surface area contributed by atoms with E-state index in [0.29, 0.717) is 17.1 Å². The minimum absolute atomic E-state index is 0.0711. The van der Waals surface area contributed by atoms with Crippen molar-refractivity contribution >= 4 is 11.9 Å². The lowest BCUT2D eigenvalue weighted by Crippen LogP contribution is -2.32. The summed E-state index contributed by atoms with van der Waals surface area (Å²) in [7, 11) is 1.51. The number of rotatable bonds is 3. The van der Waals surface area contributed by atoms with Gasteiger partial charge in [-0.2, -0.15) is 0 Å². The van der Waals surface area contributed by atoms with Crippen LogP contribution in [0, 0.1) is 11.5 Å². The predicted molar refractivity (Wildman–Crippen MR) is 74.3 cm³/mol. The normalized spacial score (nSPS) is 9.65. The number of amides is 1. The molecule has 20 heavy (non-hydrogen) atoms. The molecule has 0 aliphatic rings. The zero-order valence-electron chi connectivity index (χ0n) is 10.8. The van der Waals surface area contributed by atoms with Crippen LogP contribution in [-0.4, -0.2) is 19.0 Å². The second kappa shape index (κ2) is 6.38. The Kier molecular flexibility index (Phi) is 4.34. The third-order valence-electron chi connectivity index (χ3n) is 2.46. The summed E-state index contributed by atoms with van der Waals surface area (Å²) in [6.07, 6.45) is -0.715. The molecule has 2 aromatic rings. The number of benzene rings is 2. The maximum atomic E-state index is 11.6. The third-order valence-corrected chi connectivity index (χ3v) is 2.46. The van der Waals surface area contributed by atoms with Crippen molar-refractivity contribution in [1.29, 1.82) is 5.41 Å². The number of ether oxygens (including phenoxy) is 2. The molecule has 0 aliphatic carbocycles. The zero-order valence-corrected chi connectivity index (χ0v) is 10.8. The highest BCUT2D eigenvalue weighted by molar-refractivity contribution is 6.05. The zero-order chi connectivity index (χ0) is 14.4. The van der Waals surface area contributed by atoms with Crippen LogP contribution in [0.5, 0.6) is 11.5 Å². The van der Waals surface area contributed by atoms with Gasteiger partial charge in [0.1, 0.15) is 17.3 Å². The summed E-state index contributed by atoms with van der Waals surface area (Å²) in [5.41, 5.74) is 0.505. The molecule has 2 N–H and O–H groups in total. The molecule has 5 heteroatoms. The molecule has 0 atom stereocenters. The smallest absolute Gasteiger partial charge is 0.418 e. The number of para-hydroxylation sites is 1. The van der Waals surface area contributed by atoms with E-state index in [4.69, 9.17) is 14.9 Å². The fraction of sp³-hybridized carbons (Fsp3) is 0.0667. The molecule has 0 heterocycles. The van der Waals surface area contributed by atoms with Crippen LogP contribution in [0.3, 0.4) is 0 Å². The molecule has 0 saturated carbocycles. The molecule has 2 aromatic carbocycles. The monoisotopic (exact) mass is 269 g/mol. The summed E-state index contributed by atoms with van der Waals surface area (Å²) >= 11 is 0. The maximum absolute atomic E-state index is 11.6. The lowest BCUT2D eigenvalue weighted by atomic mass is 10.2. The topological polar surface area (TPSA) is 71.4 Å². The number of methoxy groups -OCH3 is 1. The number of hydrogen-bond donors (Lipinski definition) is 2. The molecule has 101 valence electrons. The van der Waals surface area contributed by atoms with E-state index in [2.05, 4.69) is 11.4 Å². The van der Waals surface area contributed by atoms with Gasteiger partial charge in [0.25, 0.3) is 0 Å². The first-order valence-corrected chi connectivity index (χ1v) is 5.87. The molecule has 0 saturated heterocycles. The SMILES string of the molecule is COc1[c]ccc(C(=N)NC(=O)Oc2ccccc2)c1. The Hall–Kier alpha value is -2.82. The molecule has 0 bridgehead atoms. The van der Waals surface area contributed by atoms with Crippen LogP contribution in [0.2, 0.25) is 0 Å². The highest BCUT2D eigenvalue weighted by atomic mass is 16.6. The molecule has 5 nitrogen and oxygen atoms in total. The Morgan fingerprint density at radius 1 is 1.25 bits per heavy atom. The minimum atomic E-state index is -0.715. The number of carbonyl (C=O) groups is 1. The van der Waals surface area contributed by atoms with Gasteiger partial charge in [0.05, 0.1) is 7.11 Å². The highest BCUT2D eigenvalue weighted by Gasteiger charge is 2.09. The Bertz CT molecular complexity index is 612. The van der Waals surface area contributed by atoms with Crippen molar-refractivity contribution in [2.45, 2.75) is 0 Å². The van der Waals surface area contributed by atoms with Gasteiger partial charge in [-0.3, -0.25) is 10.7 Å². The summed E-state index contributed by atoms with van der Waals surface area (Å²) in [5, 5.41) is 10.2. The minimum Gasteiger partial charge on any atom is -0.496 e. The molecule has 0 aliphatic heterocycles. The Balaban J connectivity index is 1.98. The van der Waals surface area contributed by atoms with E-state index in [1.807, 2.05) is 6.07 Å². The van der Waals surface area contributed by atoms with Gasteiger partial charge in [-0.25, -0.2) is 4.79 Å². The second-order valence-corrected chi connectivity index (χ2v) is 3.85. The van der Waals surface area contributed by atoms with Gasteiger partial charge >= 0.3 is 6.09 Å². The van der Waals surface area contributed by atoms with Crippen LogP contribution in [0.1, 0.15) is 5.56 Å². The first kappa shape index (κ1) is 13.6. The van der Waals surface area contributed by atoms with Crippen LogP contribution in [0.25, 0.3) is 0 Å². The summed E-state index contributed by atoms with van der Waals surface area (Å²) in [4.78, 5) is 11.6. The summed E-state index contributed by atoms with van der Waals surface area (Å²) < 4.78 is 10.0. The molecule has 2 rings (SSSR count). The standard InChI is InChI=1S/C15H13N2O3/c1-19-13-9-5-6-11(10-13)14(16)17-15(18)20-12-7-3-2-4-8-12/h2-8,10H,1H3,(H2,16,17,18). The Morgan fingerprint density at radius 2 is 2.00 bits per heavy atom. The van der Waals surface area contributed by atoms with Gasteiger partial charge in [0.2, 0.25) is 0 Å². The van der Waals surface area contributed by atoms with E-state index in [9.17, 15) is 4.79 Å². The maximum Gasteiger partial charge on any atom is 0.418 e. The van der Waals surface area contributed by atoms with Gasteiger partial charge in [-0.1, -0.05) is 24.3 Å². The molecule has 0 unspecified atom stereocenters. The lowest BCUT2D eigenvalue weighted by molar-refractivity contribution is 0.206. The summed E-state index contributed by atoms with van der Waals surface area (Å²) in [5.74, 6) is 0.834. The predicted octanol–water partition coefficient (Wildman–Crippen LogP) is 2.61. The average molecular weight is 269 g/mol. The van der Waals surface area contributed by atoms with E-state index in [0.717, 1.165) is 0 Å². The van der Waals surface area contributed by atoms with Crippen LogP contribution in [-0.2, 0) is 0 Å². The first-order valence-electron chi connectivity index (χ1n) is 5.87. The fourth-order valence-corrected chi connectivity index (χ4v) is 1.51. The van der Waals surface area contributed by atoms with Crippen LogP contribution in [0.4, 0.5) is 4.79 Å². The van der Waals surface area contributed by atoms with E-state index in [1.54, 1.807) is 42.5 Å². The number of carbonyl (C=O) groups excluding carboxylic acids is 1. The van der Waals surface area contributed by atoms with E-state index in [1.165, 1.54) is 7.11 Å². The van der Waals surface area contributed by atoms with Crippen molar-refractivity contribution in [3.05, 3.63) is 60.2 Å². The molecule has 0 fully saturated rings. The van der Waals surface area contributed by atoms with E-state index >= 15 is 0 Å². The van der Waals surface area contributed by atoms with Gasteiger partial charge in [-0.05, 0) is 24.3 Å². The van der Waals surface area contributed by atoms with Crippen molar-refractivity contribution in [3.8, 4) is 11.5 Å². The van der Waals surface area contributed by atoms with Gasteiger partial charge in [0, 0.05) is 11.6 Å². The third kappa shape index (κ3) is 3.58. The quantitative estimate of drug-likeness (QED) is 0.664. The van der Waals surface area contributed by atoms with Crippen LogP contribution < -0.4 is 14.8 Å². The van der Waals surface area contributed by atoms with Gasteiger partial charge in [0.15, 0.2) is 0 Å². The molecule has 1 radical (unpaired) electrons. The second-order valence-electron chi connectivity index (χ2n) is 3.85. The summed E-state index contributed by atoms with van der Waals surface area (Å²) in [6, 6.07) is 16.4. The van der Waals surface area contributed by atoms with Crippen molar-refractivity contribution in [3.63, 3.8) is 0 Å². The molecule has 0 aromatic heterocycles. The first-order chi connectivity index (χ1) is 9.69. The number of nitrogens with one attached hydrogen (secondary N) is 2. The van der Waals surface area contributed by atoms with Gasteiger partial charge < -0.3 is 9.47 Å². The van der Waals surface area contributed by atoms with Gasteiger partial charge in [-0.15, -0.1) is 0 Å². The summed E-state index contributed by atoms with van der Waals surface area (Å²) in [6.45, 7) is 0. The van der Waals surface area contributed by atoms with E-state index < -0.39 is 6.09 Å². The largest absolute Gasteiger partial charge is 0.496 e. The van der Waals surface area contributed by atoms with Crippen molar-refractivity contribution < 1.29 is 14.3 Å². The van der Waals surface area contributed by atoms with E-state index in [-0.39, 0.29) is 5.84 Å². The van der Waals surface area contributed by atoms with Crippen molar-refractivity contribution in [2.24, 2.45) is 0 Å². The van der Waals surface area contributed by atoms with Crippen molar-refractivity contribution in [1.82, 2.24) is 5.32 Å². The fourth-order valence-electron chi connectivity index (χ4n) is 1.51. The highest BCUT2D eigenvalue weighted by Crippen LogP contribution is 2.12. The Morgan fingerprint density at radius 3 is 2.70 bits per heavy atom. The van der Waals surface area contributed by atoms with Crippen LogP contribution in [0.15, 0.2) is 48.5 Å². The molecular weight excluding hydrogens is 256 g/mol.